The number of hydrogen-bond donors (Lipinski definition) is 1. The van der Waals surface area contributed by atoms with Gasteiger partial charge >= 0.3 is 0 Å². The first-order valence-corrected chi connectivity index (χ1v) is 5.43. The normalized spacial score (nSPS) is 11.5. The number of ether oxygens (including phenoxy) is 2. The summed E-state index contributed by atoms with van der Waals surface area (Å²) < 4.78 is 11.1. The second-order valence-corrected chi connectivity index (χ2v) is 4.50. The summed E-state index contributed by atoms with van der Waals surface area (Å²) in [5.41, 5.74) is 6.19. The van der Waals surface area contributed by atoms with Gasteiger partial charge in [0.2, 0.25) is 0 Å². The quantitative estimate of drug-likeness (QED) is 0.774. The molecule has 1 rings (SSSR count). The molecule has 0 aliphatic carbocycles. The summed E-state index contributed by atoms with van der Waals surface area (Å²) in [4.78, 5) is 4.09. The van der Waals surface area contributed by atoms with E-state index in [4.69, 9.17) is 15.2 Å². The van der Waals surface area contributed by atoms with Crippen molar-refractivity contribution >= 4 is 0 Å². The van der Waals surface area contributed by atoms with Crippen molar-refractivity contribution in [2.24, 2.45) is 5.73 Å². The van der Waals surface area contributed by atoms with Crippen LogP contribution in [0.5, 0.6) is 5.75 Å². The smallest absolute Gasteiger partial charge is 0.122 e. The molecule has 2 N–H and O–H groups in total. The number of rotatable bonds is 5. The third-order valence-electron chi connectivity index (χ3n) is 1.88. The van der Waals surface area contributed by atoms with E-state index in [0.717, 1.165) is 11.4 Å². The molecule has 1 aromatic heterocycles. The topological polar surface area (TPSA) is 57.4 Å². The Bertz CT molecular complexity index is 321. The maximum atomic E-state index is 5.54. The molecule has 1 aromatic rings. The van der Waals surface area contributed by atoms with Crippen molar-refractivity contribution in [2.75, 3.05) is 13.2 Å². The standard InChI is InChI=1S/C12H20N2O2/c1-12(2,3)16-7-6-15-11-4-5-14-10(8-11)9-13/h4-5,8H,6-7,9,13H2,1-3H3. The maximum Gasteiger partial charge on any atom is 0.122 e. The minimum absolute atomic E-state index is 0.121. The van der Waals surface area contributed by atoms with Gasteiger partial charge in [-0.15, -0.1) is 0 Å². The first-order valence-electron chi connectivity index (χ1n) is 5.43. The van der Waals surface area contributed by atoms with Gasteiger partial charge in [0.25, 0.3) is 0 Å². The van der Waals surface area contributed by atoms with E-state index in [-0.39, 0.29) is 5.60 Å². The van der Waals surface area contributed by atoms with E-state index in [1.807, 2.05) is 32.9 Å². The third-order valence-corrected chi connectivity index (χ3v) is 1.88. The van der Waals surface area contributed by atoms with Crippen LogP contribution in [0.25, 0.3) is 0 Å². The summed E-state index contributed by atoms with van der Waals surface area (Å²) in [7, 11) is 0. The molecule has 90 valence electrons. The molecular formula is C12H20N2O2. The Balaban J connectivity index is 2.32. The van der Waals surface area contributed by atoms with E-state index >= 15 is 0 Å². The molecule has 16 heavy (non-hydrogen) atoms. The third kappa shape index (κ3) is 5.09. The Morgan fingerprint density at radius 3 is 2.69 bits per heavy atom. The molecule has 0 bridgehead atoms. The summed E-state index contributed by atoms with van der Waals surface area (Å²) in [5.74, 6) is 0.785. The van der Waals surface area contributed by atoms with Crippen molar-refractivity contribution in [3.05, 3.63) is 24.0 Å². The van der Waals surface area contributed by atoms with Crippen LogP contribution in [0.15, 0.2) is 18.3 Å². The summed E-state index contributed by atoms with van der Waals surface area (Å²) in [6.45, 7) is 7.59. The Morgan fingerprint density at radius 2 is 2.06 bits per heavy atom. The highest BCUT2D eigenvalue weighted by Gasteiger charge is 2.09. The molecule has 0 amide bonds. The van der Waals surface area contributed by atoms with Gasteiger partial charge in [-0.25, -0.2) is 0 Å². The van der Waals surface area contributed by atoms with Crippen LogP contribution >= 0.6 is 0 Å². The predicted molar refractivity (Wildman–Crippen MR) is 63.3 cm³/mol. The zero-order valence-electron chi connectivity index (χ0n) is 10.2. The van der Waals surface area contributed by atoms with E-state index in [1.54, 1.807) is 6.20 Å². The van der Waals surface area contributed by atoms with Gasteiger partial charge in [0.05, 0.1) is 17.9 Å². The van der Waals surface area contributed by atoms with E-state index in [9.17, 15) is 0 Å². The van der Waals surface area contributed by atoms with Crippen LogP contribution in [0, 0.1) is 0 Å². The second kappa shape index (κ2) is 5.82. The Labute approximate surface area is 96.8 Å². The number of nitrogens with two attached hydrogens (primary N) is 1. The Hall–Kier alpha value is -1.13. The van der Waals surface area contributed by atoms with Crippen LogP contribution < -0.4 is 10.5 Å². The van der Waals surface area contributed by atoms with Crippen molar-refractivity contribution in [1.82, 2.24) is 4.98 Å². The van der Waals surface area contributed by atoms with Gasteiger partial charge in [-0.3, -0.25) is 4.98 Å². The van der Waals surface area contributed by atoms with E-state index < -0.39 is 0 Å². The van der Waals surface area contributed by atoms with E-state index in [0.29, 0.717) is 19.8 Å². The fourth-order valence-corrected chi connectivity index (χ4v) is 1.16. The predicted octanol–water partition coefficient (Wildman–Crippen LogP) is 1.73. The minimum Gasteiger partial charge on any atom is -0.491 e. The number of hydrogen-bond acceptors (Lipinski definition) is 4. The highest BCUT2D eigenvalue weighted by molar-refractivity contribution is 5.22. The molecule has 4 nitrogen and oxygen atoms in total. The van der Waals surface area contributed by atoms with Crippen LogP contribution in [-0.4, -0.2) is 23.8 Å². The van der Waals surface area contributed by atoms with Gasteiger partial charge in [0.15, 0.2) is 0 Å². The van der Waals surface area contributed by atoms with Gasteiger partial charge in [0.1, 0.15) is 12.4 Å². The van der Waals surface area contributed by atoms with Crippen molar-refractivity contribution in [3.8, 4) is 5.75 Å². The van der Waals surface area contributed by atoms with Crippen LogP contribution in [0.1, 0.15) is 26.5 Å². The number of pyridine rings is 1. The fourth-order valence-electron chi connectivity index (χ4n) is 1.16. The average molecular weight is 224 g/mol. The molecule has 0 radical (unpaired) electrons. The molecule has 0 saturated carbocycles. The molecule has 4 heteroatoms. The molecule has 0 aromatic carbocycles. The molecule has 0 fully saturated rings. The average Bonchev–Trinajstić information content (AvgIpc) is 2.23. The maximum absolute atomic E-state index is 5.54. The van der Waals surface area contributed by atoms with Crippen molar-refractivity contribution in [1.29, 1.82) is 0 Å². The molecule has 0 saturated heterocycles. The zero-order valence-corrected chi connectivity index (χ0v) is 10.2. The lowest BCUT2D eigenvalue weighted by Crippen LogP contribution is -2.22. The van der Waals surface area contributed by atoms with Gasteiger partial charge in [-0.2, -0.15) is 0 Å². The van der Waals surface area contributed by atoms with Crippen LogP contribution in [0.2, 0.25) is 0 Å². The number of nitrogens with zero attached hydrogens (tertiary/aromatic N) is 1. The van der Waals surface area contributed by atoms with Gasteiger partial charge in [0, 0.05) is 18.8 Å². The molecule has 1 heterocycles. The molecule has 0 unspecified atom stereocenters. The van der Waals surface area contributed by atoms with Crippen molar-refractivity contribution < 1.29 is 9.47 Å². The highest BCUT2D eigenvalue weighted by atomic mass is 16.5. The summed E-state index contributed by atoms with van der Waals surface area (Å²) >= 11 is 0. The molecule has 0 spiro atoms. The minimum atomic E-state index is -0.121. The van der Waals surface area contributed by atoms with Crippen molar-refractivity contribution in [3.63, 3.8) is 0 Å². The van der Waals surface area contributed by atoms with Gasteiger partial charge < -0.3 is 15.2 Å². The van der Waals surface area contributed by atoms with E-state index in [2.05, 4.69) is 4.98 Å². The van der Waals surface area contributed by atoms with Crippen LogP contribution in [0.3, 0.4) is 0 Å². The summed E-state index contributed by atoms with van der Waals surface area (Å²) in [5, 5.41) is 0. The van der Waals surface area contributed by atoms with Crippen molar-refractivity contribution in [2.45, 2.75) is 32.9 Å². The molecule has 0 aliphatic rings. The largest absolute Gasteiger partial charge is 0.491 e. The summed E-state index contributed by atoms with van der Waals surface area (Å²) in [6, 6.07) is 3.66. The van der Waals surface area contributed by atoms with Gasteiger partial charge in [-0.05, 0) is 26.8 Å². The first-order chi connectivity index (χ1) is 7.51. The lowest BCUT2D eigenvalue weighted by Gasteiger charge is -2.19. The Kier molecular flexibility index (Phi) is 4.71. The monoisotopic (exact) mass is 224 g/mol. The second-order valence-electron chi connectivity index (χ2n) is 4.50. The highest BCUT2D eigenvalue weighted by Crippen LogP contribution is 2.11. The van der Waals surface area contributed by atoms with Crippen LogP contribution in [-0.2, 0) is 11.3 Å². The number of aromatic nitrogens is 1. The lowest BCUT2D eigenvalue weighted by molar-refractivity contribution is -0.0163. The lowest BCUT2D eigenvalue weighted by atomic mass is 10.2. The van der Waals surface area contributed by atoms with Gasteiger partial charge in [-0.1, -0.05) is 0 Å². The first kappa shape index (κ1) is 12.9. The molecular weight excluding hydrogens is 204 g/mol. The molecule has 0 aliphatic heterocycles. The zero-order chi connectivity index (χ0) is 12.0. The molecule has 0 atom stereocenters. The van der Waals surface area contributed by atoms with E-state index in [1.165, 1.54) is 0 Å². The van der Waals surface area contributed by atoms with Crippen LogP contribution in [0.4, 0.5) is 0 Å². The SMILES string of the molecule is CC(C)(C)OCCOc1ccnc(CN)c1. The Morgan fingerprint density at radius 1 is 1.31 bits per heavy atom. The summed E-state index contributed by atoms with van der Waals surface area (Å²) in [6.07, 6.45) is 1.70. The fraction of sp³-hybridized carbons (Fsp3) is 0.583.